The van der Waals surface area contributed by atoms with E-state index in [9.17, 15) is 14.4 Å². The van der Waals surface area contributed by atoms with Crippen LogP contribution in [0.4, 0.5) is 5.69 Å². The molecule has 1 amide bonds. The van der Waals surface area contributed by atoms with Crippen LogP contribution in [-0.4, -0.2) is 37.5 Å². The van der Waals surface area contributed by atoms with Crippen LogP contribution in [0.5, 0.6) is 5.75 Å². The number of ether oxygens (including phenoxy) is 3. The molecule has 3 aromatic rings. The van der Waals surface area contributed by atoms with E-state index < -0.39 is 18.4 Å². The second-order valence-corrected chi connectivity index (χ2v) is 6.59. The van der Waals surface area contributed by atoms with E-state index in [2.05, 4.69) is 5.32 Å². The highest BCUT2D eigenvalue weighted by molar-refractivity contribution is 6.03. The van der Waals surface area contributed by atoms with Gasteiger partial charge in [-0.2, -0.15) is 0 Å². The largest absolute Gasteiger partial charge is 0.482 e. The van der Waals surface area contributed by atoms with Crippen molar-refractivity contribution < 1.29 is 33.0 Å². The molecule has 1 aliphatic rings. The van der Waals surface area contributed by atoms with Gasteiger partial charge in [0.05, 0.1) is 12.3 Å². The summed E-state index contributed by atoms with van der Waals surface area (Å²) in [6.45, 7) is 1.98. The fourth-order valence-corrected chi connectivity index (χ4v) is 3.15. The van der Waals surface area contributed by atoms with Crippen LogP contribution in [0.3, 0.4) is 0 Å². The molecule has 0 radical (unpaired) electrons. The molecule has 0 saturated carbocycles. The first-order valence-electron chi connectivity index (χ1n) is 9.42. The zero-order valence-electron chi connectivity index (χ0n) is 16.2. The van der Waals surface area contributed by atoms with E-state index in [0.717, 1.165) is 5.39 Å². The minimum absolute atomic E-state index is 0.0172. The molecule has 2 aromatic carbocycles. The first kappa shape index (κ1) is 19.7. The van der Waals surface area contributed by atoms with Crippen LogP contribution in [0.2, 0.25) is 0 Å². The highest BCUT2D eigenvalue weighted by Gasteiger charge is 2.23. The van der Waals surface area contributed by atoms with Gasteiger partial charge < -0.3 is 23.9 Å². The Balaban J connectivity index is 1.49. The molecular weight excluding hydrogens is 390 g/mol. The maximum absolute atomic E-state index is 12.6. The van der Waals surface area contributed by atoms with Crippen molar-refractivity contribution >= 4 is 34.3 Å². The van der Waals surface area contributed by atoms with E-state index >= 15 is 0 Å². The predicted octanol–water partition coefficient (Wildman–Crippen LogP) is 3.34. The maximum atomic E-state index is 12.6. The summed E-state index contributed by atoms with van der Waals surface area (Å²) in [6.07, 6.45) is 0. The van der Waals surface area contributed by atoms with Crippen molar-refractivity contribution in [3.63, 3.8) is 0 Å². The number of Topliss-reactive ketones (excluding diaryl/α,β-unsaturated/α-hetero) is 1. The third kappa shape index (κ3) is 3.90. The van der Waals surface area contributed by atoms with Crippen molar-refractivity contribution in [1.29, 1.82) is 0 Å². The number of amides is 1. The quantitative estimate of drug-likeness (QED) is 0.471. The van der Waals surface area contributed by atoms with Crippen LogP contribution in [0.1, 0.15) is 33.4 Å². The Morgan fingerprint density at radius 2 is 2.00 bits per heavy atom. The number of fused-ring (bicyclic) bond motifs is 2. The number of esters is 1. The van der Waals surface area contributed by atoms with Gasteiger partial charge in [0.1, 0.15) is 11.3 Å². The van der Waals surface area contributed by atoms with Gasteiger partial charge in [0.15, 0.2) is 19.0 Å². The molecule has 0 bridgehead atoms. The van der Waals surface area contributed by atoms with Crippen LogP contribution in [-0.2, 0) is 20.9 Å². The second-order valence-electron chi connectivity index (χ2n) is 6.59. The summed E-state index contributed by atoms with van der Waals surface area (Å²) in [7, 11) is 0. The number of benzene rings is 2. The van der Waals surface area contributed by atoms with Gasteiger partial charge in [0, 0.05) is 23.1 Å². The third-order valence-electron chi connectivity index (χ3n) is 4.60. The van der Waals surface area contributed by atoms with Crippen molar-refractivity contribution in [3.8, 4) is 5.75 Å². The van der Waals surface area contributed by atoms with Gasteiger partial charge >= 0.3 is 5.97 Å². The molecule has 0 saturated heterocycles. The lowest BCUT2D eigenvalue weighted by molar-refractivity contribution is -0.118. The number of ketones is 1. The number of anilines is 1. The summed E-state index contributed by atoms with van der Waals surface area (Å²) < 4.78 is 21.6. The monoisotopic (exact) mass is 409 g/mol. The zero-order chi connectivity index (χ0) is 21.1. The summed E-state index contributed by atoms with van der Waals surface area (Å²) in [4.78, 5) is 36.5. The van der Waals surface area contributed by atoms with E-state index in [0.29, 0.717) is 29.2 Å². The van der Waals surface area contributed by atoms with Crippen LogP contribution in [0, 0.1) is 0 Å². The Kier molecular flexibility index (Phi) is 5.49. The van der Waals surface area contributed by atoms with Crippen molar-refractivity contribution in [2.75, 3.05) is 25.1 Å². The number of nitrogens with one attached hydrogen (secondary N) is 1. The molecule has 30 heavy (non-hydrogen) atoms. The Bertz CT molecular complexity index is 1130. The van der Waals surface area contributed by atoms with Crippen LogP contribution < -0.4 is 10.1 Å². The number of carbonyl (C=O) groups excluding carboxylic acids is 3. The number of rotatable bonds is 7. The van der Waals surface area contributed by atoms with Gasteiger partial charge in [-0.3, -0.25) is 9.59 Å². The minimum Gasteiger partial charge on any atom is -0.482 e. The third-order valence-corrected chi connectivity index (χ3v) is 4.60. The Morgan fingerprint density at radius 1 is 1.17 bits per heavy atom. The molecule has 0 unspecified atom stereocenters. The maximum Gasteiger partial charge on any atom is 0.375 e. The van der Waals surface area contributed by atoms with Gasteiger partial charge in [-0.15, -0.1) is 0 Å². The van der Waals surface area contributed by atoms with E-state index in [-0.39, 0.29) is 30.4 Å². The smallest absolute Gasteiger partial charge is 0.375 e. The van der Waals surface area contributed by atoms with Crippen molar-refractivity contribution in [2.24, 2.45) is 0 Å². The summed E-state index contributed by atoms with van der Waals surface area (Å²) in [5.41, 5.74) is 1.81. The van der Waals surface area contributed by atoms with Crippen LogP contribution in [0.15, 0.2) is 46.9 Å². The fraction of sp³-hybridized carbons (Fsp3) is 0.227. The summed E-state index contributed by atoms with van der Waals surface area (Å²) >= 11 is 0. The molecule has 1 aliphatic heterocycles. The molecule has 8 nitrogen and oxygen atoms in total. The van der Waals surface area contributed by atoms with Gasteiger partial charge in [-0.25, -0.2) is 4.79 Å². The van der Waals surface area contributed by atoms with Crippen LogP contribution in [0.25, 0.3) is 11.0 Å². The summed E-state index contributed by atoms with van der Waals surface area (Å²) in [5, 5.41) is 3.39. The van der Waals surface area contributed by atoms with Crippen molar-refractivity contribution in [2.45, 2.75) is 13.5 Å². The molecule has 1 N–H and O–H groups in total. The number of hydrogen-bond acceptors (Lipinski definition) is 7. The normalized spacial score (nSPS) is 12.8. The van der Waals surface area contributed by atoms with E-state index in [1.807, 2.05) is 19.1 Å². The van der Waals surface area contributed by atoms with Crippen molar-refractivity contribution in [1.82, 2.24) is 0 Å². The lowest BCUT2D eigenvalue weighted by Gasteiger charge is -2.18. The molecular formula is C22H19NO7. The van der Waals surface area contributed by atoms with E-state index in [4.69, 9.17) is 18.6 Å². The molecule has 0 atom stereocenters. The Morgan fingerprint density at radius 3 is 2.83 bits per heavy atom. The van der Waals surface area contributed by atoms with Gasteiger partial charge in [0.2, 0.25) is 5.76 Å². The zero-order valence-corrected chi connectivity index (χ0v) is 16.2. The first-order chi connectivity index (χ1) is 14.6. The molecule has 0 spiro atoms. The minimum atomic E-state index is -0.746. The first-order valence-corrected chi connectivity index (χ1v) is 9.42. The molecule has 0 fully saturated rings. The highest BCUT2D eigenvalue weighted by Crippen LogP contribution is 2.29. The highest BCUT2D eigenvalue weighted by atomic mass is 16.5. The number of hydrogen-bond donors (Lipinski definition) is 1. The summed E-state index contributed by atoms with van der Waals surface area (Å²) in [6, 6.07) is 11.8. The number of para-hydroxylation sites is 1. The van der Waals surface area contributed by atoms with Gasteiger partial charge in [-0.1, -0.05) is 18.2 Å². The van der Waals surface area contributed by atoms with Gasteiger partial charge in [-0.05, 0) is 31.2 Å². The standard InChI is InChI=1S/C22H19NO7/c1-2-27-10-15-14-5-3-4-6-18(14)30-21(15)22(26)29-11-17(24)13-7-8-19-16(9-13)23-20(25)12-28-19/h3-9H,2,10-12H2,1H3,(H,23,25). The van der Waals surface area contributed by atoms with Gasteiger partial charge in [0.25, 0.3) is 5.91 Å². The summed E-state index contributed by atoms with van der Waals surface area (Å²) in [5.74, 6) is -0.975. The number of furan rings is 1. The lowest BCUT2D eigenvalue weighted by Crippen LogP contribution is -2.25. The molecule has 1 aromatic heterocycles. The predicted molar refractivity (Wildman–Crippen MR) is 107 cm³/mol. The average molecular weight is 409 g/mol. The van der Waals surface area contributed by atoms with Crippen LogP contribution >= 0.6 is 0 Å². The molecule has 8 heteroatoms. The average Bonchev–Trinajstić information content (AvgIpc) is 3.13. The fourth-order valence-electron chi connectivity index (χ4n) is 3.15. The molecule has 4 rings (SSSR count). The van der Waals surface area contributed by atoms with Crippen molar-refractivity contribution in [3.05, 3.63) is 59.4 Å². The topological polar surface area (TPSA) is 104 Å². The Hall–Kier alpha value is -3.65. The second kappa shape index (κ2) is 8.38. The number of carbonyl (C=O) groups is 3. The van der Waals surface area contributed by atoms with E-state index in [1.165, 1.54) is 6.07 Å². The molecule has 154 valence electrons. The molecule has 2 heterocycles. The molecule has 0 aliphatic carbocycles. The lowest BCUT2D eigenvalue weighted by atomic mass is 10.1. The Labute approximate surface area is 171 Å². The van der Waals surface area contributed by atoms with E-state index in [1.54, 1.807) is 24.3 Å². The SMILES string of the molecule is CCOCc1c(C(=O)OCC(=O)c2ccc3c(c2)NC(=O)CO3)oc2ccccc12.